The van der Waals surface area contributed by atoms with Crippen LogP contribution in [0.25, 0.3) is 0 Å². The number of amides is 1. The van der Waals surface area contributed by atoms with Gasteiger partial charge >= 0.3 is 6.61 Å². The third kappa shape index (κ3) is 3.65. The van der Waals surface area contributed by atoms with Crippen molar-refractivity contribution in [1.29, 1.82) is 0 Å². The van der Waals surface area contributed by atoms with E-state index in [1.165, 1.54) is 25.3 Å². The van der Waals surface area contributed by atoms with Gasteiger partial charge in [-0.1, -0.05) is 12.1 Å². The summed E-state index contributed by atoms with van der Waals surface area (Å²) < 4.78 is 34.2. The molecule has 7 heteroatoms. The minimum Gasteiger partial charge on any atom is -0.493 e. The number of ether oxygens (including phenoxy) is 2. The number of alkyl halides is 2. The predicted octanol–water partition coefficient (Wildman–Crippen LogP) is 3.30. The molecule has 0 bridgehead atoms. The van der Waals surface area contributed by atoms with Crippen LogP contribution in [0.15, 0.2) is 42.5 Å². The Hall–Kier alpha value is -2.83. The molecule has 0 unspecified atom stereocenters. The molecule has 1 aliphatic rings. The van der Waals surface area contributed by atoms with Crippen LogP contribution in [0.4, 0.5) is 14.5 Å². The van der Waals surface area contributed by atoms with Crippen molar-refractivity contribution in [2.75, 3.05) is 12.8 Å². The van der Waals surface area contributed by atoms with E-state index in [9.17, 15) is 13.6 Å². The number of hydrogen-bond donors (Lipinski definition) is 2. The fourth-order valence-electron chi connectivity index (χ4n) is 2.74. The number of nitrogens with two attached hydrogens (primary N) is 1. The lowest BCUT2D eigenvalue weighted by atomic mass is 10.0. The number of carbonyl (C=O) groups is 1. The first kappa shape index (κ1) is 17.0. The van der Waals surface area contributed by atoms with Crippen molar-refractivity contribution in [2.24, 2.45) is 0 Å². The molecular weight excluding hydrogens is 330 g/mol. The Morgan fingerprint density at radius 3 is 2.56 bits per heavy atom. The highest BCUT2D eigenvalue weighted by molar-refractivity contribution is 5.95. The topological polar surface area (TPSA) is 73.6 Å². The average molecular weight is 348 g/mol. The molecule has 0 spiro atoms. The summed E-state index contributed by atoms with van der Waals surface area (Å²) in [5.41, 5.74) is 7.26. The number of carbonyl (C=O) groups excluding carboxylic acids is 1. The summed E-state index contributed by atoms with van der Waals surface area (Å²) in [6.45, 7) is -2.97. The molecule has 132 valence electrons. The Bertz CT molecular complexity index is 792. The minimum absolute atomic E-state index is 0.0711. The number of halogens is 2. The fraction of sp³-hybridized carbons (Fsp3) is 0.278. The van der Waals surface area contributed by atoms with Crippen LogP contribution < -0.4 is 20.5 Å². The van der Waals surface area contributed by atoms with Gasteiger partial charge in [0.15, 0.2) is 11.5 Å². The molecule has 3 N–H and O–H groups in total. The molecular formula is C18H18F2N2O3. The molecule has 1 fully saturated rings. The fourth-order valence-corrected chi connectivity index (χ4v) is 2.74. The molecule has 0 aliphatic heterocycles. The SMILES string of the molecule is COc1cc(C(=O)NC2(c3cccc(N)c3)CC2)ccc1OC(F)F. The van der Waals surface area contributed by atoms with E-state index in [1.54, 1.807) is 6.07 Å². The first-order valence-electron chi connectivity index (χ1n) is 7.75. The minimum atomic E-state index is -2.97. The number of benzene rings is 2. The molecule has 0 heterocycles. The molecule has 1 amide bonds. The van der Waals surface area contributed by atoms with Crippen LogP contribution in [0.1, 0.15) is 28.8 Å². The van der Waals surface area contributed by atoms with Crippen molar-refractivity contribution >= 4 is 11.6 Å². The number of nitrogens with one attached hydrogen (secondary N) is 1. The van der Waals surface area contributed by atoms with Crippen LogP contribution in [0.3, 0.4) is 0 Å². The second-order valence-electron chi connectivity index (χ2n) is 5.91. The summed E-state index contributed by atoms with van der Waals surface area (Å²) in [6.07, 6.45) is 1.62. The highest BCUT2D eigenvalue weighted by atomic mass is 19.3. The van der Waals surface area contributed by atoms with E-state index in [0.717, 1.165) is 18.4 Å². The largest absolute Gasteiger partial charge is 0.493 e. The Morgan fingerprint density at radius 2 is 1.96 bits per heavy atom. The lowest BCUT2D eigenvalue weighted by Crippen LogP contribution is -2.34. The molecule has 2 aromatic carbocycles. The summed E-state index contributed by atoms with van der Waals surface area (Å²) in [5.74, 6) is -0.366. The summed E-state index contributed by atoms with van der Waals surface area (Å²) in [7, 11) is 1.32. The second kappa shape index (κ2) is 6.58. The molecule has 1 saturated carbocycles. The second-order valence-corrected chi connectivity index (χ2v) is 5.91. The van der Waals surface area contributed by atoms with Gasteiger partial charge < -0.3 is 20.5 Å². The van der Waals surface area contributed by atoms with Crippen LogP contribution in [0.2, 0.25) is 0 Å². The Labute approximate surface area is 143 Å². The molecule has 25 heavy (non-hydrogen) atoms. The number of nitrogen functional groups attached to an aromatic ring is 1. The Morgan fingerprint density at radius 1 is 1.20 bits per heavy atom. The molecule has 2 aromatic rings. The zero-order valence-corrected chi connectivity index (χ0v) is 13.6. The zero-order valence-electron chi connectivity index (χ0n) is 13.6. The number of anilines is 1. The van der Waals surface area contributed by atoms with Gasteiger partial charge in [0.2, 0.25) is 0 Å². The third-order valence-corrected chi connectivity index (χ3v) is 4.18. The van der Waals surface area contributed by atoms with E-state index in [2.05, 4.69) is 10.1 Å². The predicted molar refractivity (Wildman–Crippen MR) is 88.9 cm³/mol. The van der Waals surface area contributed by atoms with E-state index in [0.29, 0.717) is 11.3 Å². The van der Waals surface area contributed by atoms with Gasteiger partial charge in [-0.25, -0.2) is 0 Å². The van der Waals surface area contributed by atoms with E-state index in [1.807, 2.05) is 18.2 Å². The van der Waals surface area contributed by atoms with Gasteiger partial charge in [0.1, 0.15) is 0 Å². The molecule has 1 aliphatic carbocycles. The molecule has 0 atom stereocenters. The van der Waals surface area contributed by atoms with Crippen molar-refractivity contribution < 1.29 is 23.0 Å². The van der Waals surface area contributed by atoms with E-state index in [4.69, 9.17) is 10.5 Å². The quantitative estimate of drug-likeness (QED) is 0.786. The molecule has 0 radical (unpaired) electrons. The summed E-state index contributed by atoms with van der Waals surface area (Å²) in [6, 6.07) is 11.5. The molecule has 3 rings (SSSR count). The van der Waals surface area contributed by atoms with Crippen LogP contribution >= 0.6 is 0 Å². The van der Waals surface area contributed by atoms with E-state index >= 15 is 0 Å². The van der Waals surface area contributed by atoms with Gasteiger partial charge in [-0.15, -0.1) is 0 Å². The van der Waals surface area contributed by atoms with Crippen molar-refractivity contribution in [2.45, 2.75) is 25.0 Å². The van der Waals surface area contributed by atoms with Crippen molar-refractivity contribution in [3.8, 4) is 11.5 Å². The maximum Gasteiger partial charge on any atom is 0.387 e. The standard InChI is InChI=1S/C18H18F2N2O3/c1-24-15-9-11(5-6-14(15)25-17(19)20)16(23)22-18(7-8-18)12-3-2-4-13(21)10-12/h2-6,9-10,17H,7-8,21H2,1H3,(H,22,23). The van der Waals surface area contributed by atoms with E-state index in [-0.39, 0.29) is 17.4 Å². The maximum atomic E-state index is 12.6. The van der Waals surface area contributed by atoms with Gasteiger partial charge in [0.25, 0.3) is 5.91 Å². The zero-order chi connectivity index (χ0) is 18.0. The van der Waals surface area contributed by atoms with Crippen molar-refractivity contribution in [1.82, 2.24) is 5.32 Å². The van der Waals surface area contributed by atoms with Crippen LogP contribution in [-0.4, -0.2) is 19.6 Å². The molecule has 0 aromatic heterocycles. The lowest BCUT2D eigenvalue weighted by molar-refractivity contribution is -0.0512. The number of hydrogen-bond acceptors (Lipinski definition) is 4. The molecule has 5 nitrogen and oxygen atoms in total. The summed E-state index contributed by atoms with van der Waals surface area (Å²) in [5, 5.41) is 3.00. The van der Waals surface area contributed by atoms with Gasteiger partial charge in [-0.05, 0) is 48.7 Å². The lowest BCUT2D eigenvalue weighted by Gasteiger charge is -2.19. The van der Waals surface area contributed by atoms with Crippen molar-refractivity contribution in [3.63, 3.8) is 0 Å². The number of methoxy groups -OCH3 is 1. The molecule has 0 saturated heterocycles. The van der Waals surface area contributed by atoms with Gasteiger partial charge in [-0.2, -0.15) is 8.78 Å². The average Bonchev–Trinajstić information content (AvgIpc) is 3.35. The Balaban J connectivity index is 1.79. The van der Waals surface area contributed by atoms with Gasteiger partial charge in [0.05, 0.1) is 12.6 Å². The highest BCUT2D eigenvalue weighted by Crippen LogP contribution is 2.46. The van der Waals surface area contributed by atoms with E-state index < -0.39 is 12.2 Å². The smallest absolute Gasteiger partial charge is 0.387 e. The summed E-state index contributed by atoms with van der Waals surface area (Å²) >= 11 is 0. The first-order chi connectivity index (χ1) is 11.9. The normalized spacial score (nSPS) is 14.9. The van der Waals surface area contributed by atoms with Gasteiger partial charge in [0, 0.05) is 11.3 Å². The third-order valence-electron chi connectivity index (χ3n) is 4.18. The number of rotatable bonds is 6. The van der Waals surface area contributed by atoms with Gasteiger partial charge in [-0.3, -0.25) is 4.79 Å². The Kier molecular flexibility index (Phi) is 4.48. The monoisotopic (exact) mass is 348 g/mol. The van der Waals surface area contributed by atoms with Crippen molar-refractivity contribution in [3.05, 3.63) is 53.6 Å². The first-order valence-corrected chi connectivity index (χ1v) is 7.75. The van der Waals surface area contributed by atoms with Crippen LogP contribution in [0.5, 0.6) is 11.5 Å². The highest BCUT2D eigenvalue weighted by Gasteiger charge is 2.45. The van der Waals surface area contributed by atoms with Crippen LogP contribution in [0, 0.1) is 0 Å². The van der Waals surface area contributed by atoms with Crippen LogP contribution in [-0.2, 0) is 5.54 Å². The maximum absolute atomic E-state index is 12.6. The summed E-state index contributed by atoms with van der Waals surface area (Å²) in [4.78, 5) is 12.6.